The maximum atomic E-state index is 14.5. The highest BCUT2D eigenvalue weighted by molar-refractivity contribution is 9.10. The van der Waals surface area contributed by atoms with Crippen LogP contribution in [0.25, 0.3) is 0 Å². The molecule has 14 nitrogen and oxygen atoms in total. The fourth-order valence-electron chi connectivity index (χ4n) is 8.22. The number of hydrogen-bond acceptors (Lipinski definition) is 12. The van der Waals surface area contributed by atoms with Crippen molar-refractivity contribution in [1.29, 1.82) is 0 Å². The minimum Gasteiger partial charge on any atom is -0.496 e. The van der Waals surface area contributed by atoms with E-state index in [1.807, 2.05) is 44.2 Å². The van der Waals surface area contributed by atoms with Gasteiger partial charge in [0.1, 0.15) is 53.8 Å². The molecule has 2 aliphatic rings. The van der Waals surface area contributed by atoms with Crippen LogP contribution in [-0.4, -0.2) is 73.9 Å². The number of epoxide rings is 1. The van der Waals surface area contributed by atoms with E-state index < -0.39 is 46.9 Å². The predicted octanol–water partition coefficient (Wildman–Crippen LogP) is 12.1. The van der Waals surface area contributed by atoms with E-state index in [1.54, 1.807) is 72.7 Å². The Labute approximate surface area is 454 Å². The second-order valence-corrected chi connectivity index (χ2v) is 18.7. The molecular formula is C56H52BrClF5N5O9. The molecule has 0 bridgehead atoms. The van der Waals surface area contributed by atoms with Crippen LogP contribution in [0.3, 0.4) is 0 Å². The van der Waals surface area contributed by atoms with E-state index in [9.17, 15) is 31.5 Å². The second-order valence-electron chi connectivity index (χ2n) is 17.4. The lowest BCUT2D eigenvalue weighted by molar-refractivity contribution is -0.119. The smallest absolute Gasteiger partial charge is 0.387 e. The number of rotatable bonds is 18. The zero-order valence-electron chi connectivity index (χ0n) is 42.4. The Morgan fingerprint density at radius 3 is 2.13 bits per heavy atom. The zero-order valence-corrected chi connectivity index (χ0v) is 44.8. The number of amidine groups is 1. The van der Waals surface area contributed by atoms with Crippen LogP contribution in [0.5, 0.6) is 28.7 Å². The van der Waals surface area contributed by atoms with Gasteiger partial charge in [-0.2, -0.15) is 13.9 Å². The molecule has 2 fully saturated rings. The number of benzene rings is 6. The number of methoxy groups -OCH3 is 4. The SMILES string of the molecule is COc1cc(C)c(C(=O)c2c(OC)ccc(Br)c2C)c(OC)c1OC.Fc1ccc(C2(Cn3cncn3)OC2c2ccccc2Cl)cc1.O=C(Cc1ccccc1)N/C(=N\OCC1CC1)c1c(OC(F)F)ccc(F)c1F. The molecule has 7 aromatic rings. The first-order valence-corrected chi connectivity index (χ1v) is 24.9. The van der Waals surface area contributed by atoms with Gasteiger partial charge < -0.3 is 38.6 Å². The third-order valence-corrected chi connectivity index (χ3v) is 13.5. The normalized spacial score (nSPS) is 15.5. The molecule has 404 valence electrons. The van der Waals surface area contributed by atoms with Gasteiger partial charge in [0, 0.05) is 15.1 Å². The molecule has 1 saturated heterocycles. The number of alkyl halides is 2. The highest BCUT2D eigenvalue weighted by atomic mass is 79.9. The van der Waals surface area contributed by atoms with E-state index >= 15 is 0 Å². The molecule has 0 radical (unpaired) electrons. The topological polar surface area (TPSA) is 157 Å². The van der Waals surface area contributed by atoms with Crippen molar-refractivity contribution in [3.63, 3.8) is 0 Å². The molecule has 0 spiro atoms. The van der Waals surface area contributed by atoms with Crippen LogP contribution in [0.2, 0.25) is 5.02 Å². The summed E-state index contributed by atoms with van der Waals surface area (Å²) in [5, 5.41) is 10.8. The van der Waals surface area contributed by atoms with E-state index in [1.165, 1.54) is 39.8 Å². The van der Waals surface area contributed by atoms with Gasteiger partial charge in [0.2, 0.25) is 17.4 Å². The van der Waals surface area contributed by atoms with Gasteiger partial charge in [0.05, 0.1) is 52.5 Å². The summed E-state index contributed by atoms with van der Waals surface area (Å²) >= 11 is 9.78. The minimum atomic E-state index is -3.28. The highest BCUT2D eigenvalue weighted by Gasteiger charge is 2.59. The standard InChI is InChI=1S/C20H18F4N2O3.C19H21BrO5.C17H13ClFN3O/c21-14-8-9-15(29-20(23)24)17(18(14)22)19(26-28-11-13-6-7-13)25-16(27)10-12-4-2-1-3-5-12;1-10-9-14(23-4)18(24-5)19(25-6)15(10)17(21)16-11(2)12(20)7-8-13(16)22-3;18-15-4-2-1-3-14(15)16-17(23-16,9-22-11-20-10-21-22)12-5-7-13(19)8-6-12/h1-5,8-9,13,20H,6-7,10-11H2,(H,25,26,27);7-9H,1-6H3;1-8,10-11,16H,9H2. The van der Waals surface area contributed by atoms with Crippen LogP contribution in [0.4, 0.5) is 22.0 Å². The van der Waals surface area contributed by atoms with Crippen LogP contribution in [0.15, 0.2) is 131 Å². The third-order valence-electron chi connectivity index (χ3n) is 12.3. The molecule has 1 aromatic heterocycles. The number of nitrogens with zero attached hydrogens (tertiary/aromatic N) is 4. The molecule has 21 heteroatoms. The lowest BCUT2D eigenvalue weighted by atomic mass is 9.91. The first kappa shape index (κ1) is 57.2. The van der Waals surface area contributed by atoms with Crippen LogP contribution in [0.1, 0.15) is 68.2 Å². The number of hydrogen-bond donors (Lipinski definition) is 1. The summed E-state index contributed by atoms with van der Waals surface area (Å²) in [4.78, 5) is 34.9. The van der Waals surface area contributed by atoms with Gasteiger partial charge in [0.25, 0.3) is 0 Å². The number of aryl methyl sites for hydroxylation is 1. The molecule has 1 saturated carbocycles. The maximum Gasteiger partial charge on any atom is 0.387 e. The number of nitrogens with one attached hydrogen (secondary N) is 1. The molecule has 2 unspecified atom stereocenters. The summed E-state index contributed by atoms with van der Waals surface area (Å²) in [5.41, 5.74) is 3.51. The summed E-state index contributed by atoms with van der Waals surface area (Å²) in [7, 11) is 6.09. The van der Waals surface area contributed by atoms with Gasteiger partial charge >= 0.3 is 6.61 Å². The maximum absolute atomic E-state index is 14.5. The van der Waals surface area contributed by atoms with Crippen molar-refractivity contribution < 1.29 is 64.8 Å². The van der Waals surface area contributed by atoms with Crippen LogP contribution in [-0.2, 0) is 32.9 Å². The van der Waals surface area contributed by atoms with Crippen molar-refractivity contribution >= 4 is 45.1 Å². The monoisotopic (exact) mass is 1150 g/mol. The summed E-state index contributed by atoms with van der Waals surface area (Å²) in [6.45, 7) is 1.10. The fraction of sp³-hybridized carbons (Fsp3) is 0.268. The van der Waals surface area contributed by atoms with Crippen molar-refractivity contribution in [3.8, 4) is 28.7 Å². The summed E-state index contributed by atoms with van der Waals surface area (Å²) in [6, 6.07) is 29.4. The number of carbonyl (C=O) groups is 2. The Kier molecular flexibility index (Phi) is 19.3. The number of oxime groups is 1. The van der Waals surface area contributed by atoms with Crippen LogP contribution >= 0.6 is 27.5 Å². The lowest BCUT2D eigenvalue weighted by Gasteiger charge is -2.19. The first-order valence-electron chi connectivity index (χ1n) is 23.7. The largest absolute Gasteiger partial charge is 0.496 e. The average molecular weight is 1150 g/mol. The molecule has 1 N–H and O–H groups in total. The second kappa shape index (κ2) is 26.0. The van der Waals surface area contributed by atoms with Crippen molar-refractivity contribution in [3.05, 3.63) is 193 Å². The summed E-state index contributed by atoms with van der Waals surface area (Å²) < 4.78 is 101. The third kappa shape index (κ3) is 13.9. The minimum absolute atomic E-state index is 0.0928. The molecule has 1 aliphatic carbocycles. The van der Waals surface area contributed by atoms with Crippen LogP contribution in [0, 0.1) is 37.2 Å². The van der Waals surface area contributed by atoms with E-state index in [-0.39, 0.29) is 36.7 Å². The van der Waals surface area contributed by atoms with Crippen molar-refractivity contribution in [1.82, 2.24) is 20.1 Å². The molecule has 2 heterocycles. The van der Waals surface area contributed by atoms with Gasteiger partial charge in [-0.3, -0.25) is 9.59 Å². The first-order chi connectivity index (χ1) is 37.0. The number of halogens is 7. The van der Waals surface area contributed by atoms with Gasteiger partial charge in [-0.25, -0.2) is 22.8 Å². The molecule has 77 heavy (non-hydrogen) atoms. The number of carbonyl (C=O) groups excluding carboxylic acids is 2. The van der Waals surface area contributed by atoms with Crippen molar-refractivity contribution in [2.24, 2.45) is 11.1 Å². The van der Waals surface area contributed by atoms with E-state index in [0.717, 1.165) is 45.6 Å². The molecule has 2 atom stereocenters. The molecular weight excluding hydrogens is 1100 g/mol. The zero-order chi connectivity index (χ0) is 55.4. The van der Waals surface area contributed by atoms with Gasteiger partial charge in [-0.15, -0.1) is 0 Å². The Balaban J connectivity index is 0.000000169. The summed E-state index contributed by atoms with van der Waals surface area (Å²) in [5.74, 6) is -3.10. The Bertz CT molecular complexity index is 3210. The average Bonchev–Trinajstić information content (AvgIpc) is 4.46. The number of ketones is 1. The van der Waals surface area contributed by atoms with E-state index in [4.69, 9.17) is 40.1 Å². The van der Waals surface area contributed by atoms with E-state index in [2.05, 4.69) is 41.2 Å². The fourth-order valence-corrected chi connectivity index (χ4v) is 8.79. The van der Waals surface area contributed by atoms with Gasteiger partial charge in [-0.05, 0) is 103 Å². The number of amides is 1. The van der Waals surface area contributed by atoms with Gasteiger partial charge in [-0.1, -0.05) is 93.4 Å². The quantitative estimate of drug-likeness (QED) is 0.0218. The number of ether oxygens (including phenoxy) is 6. The number of aromatic nitrogens is 3. The molecule has 1 amide bonds. The Morgan fingerprint density at radius 2 is 1.51 bits per heavy atom. The van der Waals surface area contributed by atoms with Crippen LogP contribution < -0.4 is 29.0 Å². The van der Waals surface area contributed by atoms with Gasteiger partial charge in [0.15, 0.2) is 29.0 Å². The lowest BCUT2D eigenvalue weighted by Crippen LogP contribution is -2.34. The molecule has 6 aromatic carbocycles. The predicted molar refractivity (Wildman–Crippen MR) is 280 cm³/mol. The molecule has 9 rings (SSSR count). The summed E-state index contributed by atoms with van der Waals surface area (Å²) in [6.07, 6.45) is 4.70. The Morgan fingerprint density at radius 1 is 0.831 bits per heavy atom. The van der Waals surface area contributed by atoms with E-state index in [0.29, 0.717) is 57.3 Å². The van der Waals surface area contributed by atoms with Crippen molar-refractivity contribution in [2.75, 3.05) is 35.0 Å². The highest BCUT2D eigenvalue weighted by Crippen LogP contribution is 2.59. The van der Waals surface area contributed by atoms with Crippen molar-refractivity contribution in [2.45, 2.75) is 58.0 Å². The molecule has 1 aliphatic heterocycles. The Hall–Kier alpha value is -7.55.